The molecule has 9 aromatic carbocycles. The maximum absolute atomic E-state index is 6.90. The van der Waals surface area contributed by atoms with Crippen LogP contribution in [0.1, 0.15) is 11.1 Å². The summed E-state index contributed by atoms with van der Waals surface area (Å²) in [4.78, 5) is 2.44. The molecule has 0 aliphatic carbocycles. The van der Waals surface area contributed by atoms with Crippen molar-refractivity contribution in [2.45, 2.75) is 13.8 Å². The lowest BCUT2D eigenvalue weighted by Gasteiger charge is -2.30. The van der Waals surface area contributed by atoms with Crippen LogP contribution >= 0.6 is 0 Å². The van der Waals surface area contributed by atoms with Gasteiger partial charge in [-0.05, 0) is 120 Å². The number of hydrogen-bond donors (Lipinski definition) is 0. The zero-order valence-corrected chi connectivity index (χ0v) is 32.9. The molecule has 0 aliphatic heterocycles. The molecule has 11 aromatic rings. The summed E-state index contributed by atoms with van der Waals surface area (Å²) >= 11 is 0. The zero-order valence-electron chi connectivity index (χ0n) is 32.9. The Hall–Kier alpha value is -7.62. The standard InChI is InChI=1S/C56H40N2O/c1-37-35-43(40-17-7-4-8-18-40)36-38(2)55(37)58(45-29-25-41(26-30-45)39-15-5-3-6-16-39)52-34-33-46(56-54(52)49-21-11-14-24-53(49)59-56)42-27-31-44(32-28-42)57-50-22-12-9-19-47(50)48-20-10-13-23-51(48)57/h3-36H,1-2H3. The molecule has 0 fully saturated rings. The van der Waals surface area contributed by atoms with Crippen molar-refractivity contribution in [2.24, 2.45) is 0 Å². The van der Waals surface area contributed by atoms with Gasteiger partial charge in [0.15, 0.2) is 0 Å². The minimum absolute atomic E-state index is 0.866. The second-order valence-electron chi connectivity index (χ2n) is 15.4. The summed E-state index contributed by atoms with van der Waals surface area (Å²) in [7, 11) is 0. The van der Waals surface area contributed by atoms with Gasteiger partial charge in [-0.2, -0.15) is 0 Å². The zero-order chi connectivity index (χ0) is 39.5. The highest BCUT2D eigenvalue weighted by Gasteiger charge is 2.25. The first-order valence-electron chi connectivity index (χ1n) is 20.3. The van der Waals surface area contributed by atoms with Crippen LogP contribution in [0.5, 0.6) is 0 Å². The van der Waals surface area contributed by atoms with Crippen molar-refractivity contribution in [1.82, 2.24) is 4.57 Å². The molecule has 0 saturated heterocycles. The molecular formula is C56H40N2O. The first kappa shape index (κ1) is 34.6. The Bertz CT molecular complexity index is 3240. The van der Waals surface area contributed by atoms with E-state index < -0.39 is 0 Å². The third-order valence-corrected chi connectivity index (χ3v) is 11.8. The third kappa shape index (κ3) is 5.82. The highest BCUT2D eigenvalue weighted by molar-refractivity contribution is 6.17. The Morgan fingerprint density at radius 2 is 0.932 bits per heavy atom. The van der Waals surface area contributed by atoms with Gasteiger partial charge in [-0.1, -0.05) is 140 Å². The molecule has 0 spiro atoms. The number of nitrogens with zero attached hydrogens (tertiary/aromatic N) is 2. The fraction of sp³-hybridized carbons (Fsp3) is 0.0357. The van der Waals surface area contributed by atoms with Crippen LogP contribution in [0, 0.1) is 13.8 Å². The highest BCUT2D eigenvalue weighted by Crippen LogP contribution is 2.48. The van der Waals surface area contributed by atoms with Gasteiger partial charge in [-0.15, -0.1) is 0 Å². The second-order valence-corrected chi connectivity index (χ2v) is 15.4. The number of benzene rings is 9. The SMILES string of the molecule is Cc1cc(-c2ccccc2)cc(C)c1N(c1ccc(-c2ccccc2)cc1)c1ccc(-c2ccc(-n3c4ccccc4c4ccccc43)cc2)c2oc3ccccc3c12. The average molecular weight is 757 g/mol. The Morgan fingerprint density at radius 3 is 1.56 bits per heavy atom. The number of hydrogen-bond acceptors (Lipinski definition) is 2. The quantitative estimate of drug-likeness (QED) is 0.161. The van der Waals surface area contributed by atoms with Crippen LogP contribution in [0.3, 0.4) is 0 Å². The lowest BCUT2D eigenvalue weighted by Crippen LogP contribution is -2.13. The van der Waals surface area contributed by atoms with Gasteiger partial charge in [0, 0.05) is 33.1 Å². The van der Waals surface area contributed by atoms with Gasteiger partial charge in [-0.25, -0.2) is 0 Å². The van der Waals surface area contributed by atoms with Gasteiger partial charge in [0.2, 0.25) is 0 Å². The molecule has 11 rings (SSSR count). The Labute approximate surface area is 343 Å². The number of para-hydroxylation sites is 3. The predicted molar refractivity (Wildman–Crippen MR) is 249 cm³/mol. The molecule has 3 heteroatoms. The Kier molecular flexibility index (Phi) is 8.27. The van der Waals surface area contributed by atoms with E-state index in [0.29, 0.717) is 0 Å². The van der Waals surface area contributed by atoms with Crippen LogP contribution in [0.2, 0.25) is 0 Å². The van der Waals surface area contributed by atoms with Crippen molar-refractivity contribution < 1.29 is 4.42 Å². The van der Waals surface area contributed by atoms with Crippen molar-refractivity contribution >= 4 is 60.8 Å². The summed E-state index contributed by atoms with van der Waals surface area (Å²) in [6.45, 7) is 4.47. The van der Waals surface area contributed by atoms with Crippen LogP contribution in [0.15, 0.2) is 211 Å². The van der Waals surface area contributed by atoms with Crippen molar-refractivity contribution in [3.8, 4) is 39.1 Å². The maximum Gasteiger partial charge on any atom is 0.145 e. The molecule has 0 unspecified atom stereocenters. The van der Waals surface area contributed by atoms with Gasteiger partial charge >= 0.3 is 0 Å². The third-order valence-electron chi connectivity index (χ3n) is 11.8. The fourth-order valence-electron chi connectivity index (χ4n) is 9.14. The smallest absolute Gasteiger partial charge is 0.145 e. The van der Waals surface area contributed by atoms with E-state index in [1.165, 1.54) is 55.2 Å². The highest BCUT2D eigenvalue weighted by atomic mass is 16.3. The molecule has 280 valence electrons. The van der Waals surface area contributed by atoms with E-state index in [-0.39, 0.29) is 0 Å². The normalized spacial score (nSPS) is 11.6. The van der Waals surface area contributed by atoms with Crippen molar-refractivity contribution in [1.29, 1.82) is 0 Å². The molecule has 0 amide bonds. The molecule has 0 aliphatic rings. The first-order chi connectivity index (χ1) is 29.1. The van der Waals surface area contributed by atoms with Gasteiger partial charge in [0.05, 0.1) is 27.8 Å². The summed E-state index contributed by atoms with van der Waals surface area (Å²) in [5.74, 6) is 0. The molecule has 0 radical (unpaired) electrons. The van der Waals surface area contributed by atoms with Crippen LogP contribution in [0.25, 0.3) is 82.8 Å². The van der Waals surface area contributed by atoms with Gasteiger partial charge in [0.1, 0.15) is 11.2 Å². The second kappa shape index (κ2) is 14.1. The minimum atomic E-state index is 0.866. The van der Waals surface area contributed by atoms with Gasteiger partial charge in [0.25, 0.3) is 0 Å². The molecule has 3 nitrogen and oxygen atoms in total. The van der Waals surface area contributed by atoms with Crippen molar-refractivity contribution in [3.05, 3.63) is 217 Å². The molecule has 0 saturated carbocycles. The van der Waals surface area contributed by atoms with E-state index in [9.17, 15) is 0 Å². The maximum atomic E-state index is 6.90. The lowest BCUT2D eigenvalue weighted by atomic mass is 9.96. The van der Waals surface area contributed by atoms with Crippen LogP contribution in [0.4, 0.5) is 17.1 Å². The van der Waals surface area contributed by atoms with Crippen LogP contribution in [-0.4, -0.2) is 4.57 Å². The van der Waals surface area contributed by atoms with Gasteiger partial charge in [-0.3, -0.25) is 0 Å². The Morgan fingerprint density at radius 1 is 0.424 bits per heavy atom. The number of aryl methyl sites for hydroxylation is 2. The van der Waals surface area contributed by atoms with Crippen molar-refractivity contribution in [3.63, 3.8) is 0 Å². The summed E-state index contributed by atoms with van der Waals surface area (Å²) < 4.78 is 9.26. The molecular weight excluding hydrogens is 717 g/mol. The molecule has 0 bridgehead atoms. The first-order valence-corrected chi connectivity index (χ1v) is 20.3. The molecule has 0 N–H and O–H groups in total. The minimum Gasteiger partial charge on any atom is -0.455 e. The summed E-state index contributed by atoms with van der Waals surface area (Å²) in [6, 6.07) is 74.1. The molecule has 0 atom stereocenters. The van der Waals surface area contributed by atoms with Crippen LogP contribution < -0.4 is 4.90 Å². The van der Waals surface area contributed by atoms with Gasteiger partial charge < -0.3 is 13.9 Å². The van der Waals surface area contributed by atoms with Crippen LogP contribution in [-0.2, 0) is 0 Å². The van der Waals surface area contributed by atoms with E-state index in [2.05, 4.69) is 230 Å². The molecule has 2 heterocycles. The number of fused-ring (bicyclic) bond motifs is 6. The fourth-order valence-corrected chi connectivity index (χ4v) is 9.14. The van der Waals surface area contributed by atoms with E-state index >= 15 is 0 Å². The number of furan rings is 1. The van der Waals surface area contributed by atoms with E-state index in [0.717, 1.165) is 55.8 Å². The molecule has 2 aromatic heterocycles. The predicted octanol–water partition coefficient (Wildman–Crippen LogP) is 15.8. The summed E-state index contributed by atoms with van der Waals surface area (Å²) in [5, 5.41) is 4.68. The lowest BCUT2D eigenvalue weighted by molar-refractivity contribution is 0.670. The van der Waals surface area contributed by atoms with E-state index in [1.807, 2.05) is 0 Å². The van der Waals surface area contributed by atoms with E-state index in [1.54, 1.807) is 0 Å². The Balaban J connectivity index is 1.10. The van der Waals surface area contributed by atoms with Crippen molar-refractivity contribution in [2.75, 3.05) is 4.90 Å². The number of aromatic nitrogens is 1. The largest absolute Gasteiger partial charge is 0.455 e. The summed E-state index contributed by atoms with van der Waals surface area (Å²) in [6.07, 6.45) is 0. The monoisotopic (exact) mass is 756 g/mol. The molecule has 59 heavy (non-hydrogen) atoms. The van der Waals surface area contributed by atoms with E-state index in [4.69, 9.17) is 4.42 Å². The topological polar surface area (TPSA) is 21.3 Å². The summed E-state index contributed by atoms with van der Waals surface area (Å²) in [5.41, 5.74) is 17.9. The number of anilines is 3. The number of rotatable bonds is 7. The average Bonchev–Trinajstić information content (AvgIpc) is 3.85.